The minimum atomic E-state index is -1.01. The van der Waals surface area contributed by atoms with Crippen LogP contribution >= 0.6 is 11.8 Å². The fourth-order valence-corrected chi connectivity index (χ4v) is 2.23. The summed E-state index contributed by atoms with van der Waals surface area (Å²) in [5, 5.41) is 13.7. The zero-order valence-electron chi connectivity index (χ0n) is 10.6. The second-order valence-corrected chi connectivity index (χ2v) is 5.47. The molecule has 1 saturated carbocycles. The van der Waals surface area contributed by atoms with Crippen molar-refractivity contribution >= 4 is 29.7 Å². The molecule has 20 heavy (non-hydrogen) atoms. The van der Waals surface area contributed by atoms with Gasteiger partial charge in [-0.3, -0.25) is 10.1 Å². The van der Waals surface area contributed by atoms with Crippen molar-refractivity contribution in [3.05, 3.63) is 29.8 Å². The topological polar surface area (TPSA) is 95.5 Å². The number of carbonyl (C=O) groups is 3. The maximum atomic E-state index is 11.5. The van der Waals surface area contributed by atoms with E-state index in [-0.39, 0.29) is 17.4 Å². The molecule has 1 fully saturated rings. The molecule has 106 valence electrons. The summed E-state index contributed by atoms with van der Waals surface area (Å²) in [7, 11) is 0. The molecule has 3 N–H and O–H groups in total. The number of thioether (sulfide) groups is 1. The second-order valence-electron chi connectivity index (χ2n) is 4.42. The number of aromatic carboxylic acids is 1. The van der Waals surface area contributed by atoms with Crippen molar-refractivity contribution in [3.8, 4) is 0 Å². The van der Waals surface area contributed by atoms with Crippen LogP contribution in [0.2, 0.25) is 0 Å². The molecule has 0 saturated heterocycles. The highest BCUT2D eigenvalue weighted by atomic mass is 32.2. The molecule has 1 aromatic carbocycles. The van der Waals surface area contributed by atoms with Crippen molar-refractivity contribution in [1.29, 1.82) is 0 Å². The molecule has 6 nitrogen and oxygen atoms in total. The first-order valence-corrected chi connectivity index (χ1v) is 7.09. The van der Waals surface area contributed by atoms with E-state index >= 15 is 0 Å². The average molecular weight is 294 g/mol. The van der Waals surface area contributed by atoms with Crippen LogP contribution in [0, 0.1) is 0 Å². The minimum absolute atomic E-state index is 0.0567. The smallest absolute Gasteiger partial charge is 0.335 e. The lowest BCUT2D eigenvalue weighted by Gasteiger charge is -2.05. The van der Waals surface area contributed by atoms with Gasteiger partial charge in [0, 0.05) is 10.9 Å². The SMILES string of the molecule is O=C(CSc1cccc(C(=O)O)c1)NC(=O)NC1CC1. The van der Waals surface area contributed by atoms with Gasteiger partial charge in [0.15, 0.2) is 0 Å². The van der Waals surface area contributed by atoms with Crippen molar-refractivity contribution in [3.63, 3.8) is 0 Å². The van der Waals surface area contributed by atoms with Gasteiger partial charge >= 0.3 is 12.0 Å². The van der Waals surface area contributed by atoms with E-state index in [2.05, 4.69) is 10.6 Å². The summed E-state index contributed by atoms with van der Waals surface area (Å²) in [5.74, 6) is -1.36. The number of carbonyl (C=O) groups excluding carboxylic acids is 2. The summed E-state index contributed by atoms with van der Waals surface area (Å²) in [6.07, 6.45) is 1.91. The summed E-state index contributed by atoms with van der Waals surface area (Å²) >= 11 is 1.18. The Labute approximate surface area is 119 Å². The predicted molar refractivity (Wildman–Crippen MR) is 73.8 cm³/mol. The second kappa shape index (κ2) is 6.42. The molecule has 1 aliphatic carbocycles. The van der Waals surface area contributed by atoms with E-state index in [9.17, 15) is 14.4 Å². The fourth-order valence-electron chi connectivity index (χ4n) is 1.48. The summed E-state index contributed by atoms with van der Waals surface area (Å²) in [6, 6.07) is 6.03. The van der Waals surface area contributed by atoms with Crippen LogP contribution in [-0.4, -0.2) is 34.8 Å². The van der Waals surface area contributed by atoms with Gasteiger partial charge in [-0.1, -0.05) is 6.07 Å². The van der Waals surface area contributed by atoms with Gasteiger partial charge in [-0.05, 0) is 31.0 Å². The van der Waals surface area contributed by atoms with E-state index in [0.717, 1.165) is 12.8 Å². The first-order valence-electron chi connectivity index (χ1n) is 6.11. The number of urea groups is 1. The predicted octanol–water partition coefficient (Wildman–Crippen LogP) is 1.47. The molecular formula is C13H14N2O4S. The number of rotatable bonds is 5. The summed E-state index contributed by atoms with van der Waals surface area (Å²) in [5.41, 5.74) is 0.168. The lowest BCUT2D eigenvalue weighted by Crippen LogP contribution is -2.41. The summed E-state index contributed by atoms with van der Waals surface area (Å²) < 4.78 is 0. The average Bonchev–Trinajstić information content (AvgIpc) is 3.20. The highest BCUT2D eigenvalue weighted by Crippen LogP contribution is 2.19. The van der Waals surface area contributed by atoms with Crippen molar-refractivity contribution < 1.29 is 19.5 Å². The van der Waals surface area contributed by atoms with Crippen molar-refractivity contribution in [1.82, 2.24) is 10.6 Å². The van der Waals surface area contributed by atoms with Crippen LogP contribution < -0.4 is 10.6 Å². The normalized spacial score (nSPS) is 13.6. The molecule has 3 amide bonds. The zero-order valence-corrected chi connectivity index (χ0v) is 11.4. The molecule has 7 heteroatoms. The number of amides is 3. The van der Waals surface area contributed by atoms with E-state index in [1.165, 1.54) is 23.9 Å². The van der Waals surface area contributed by atoms with Crippen LogP contribution in [0.5, 0.6) is 0 Å². The molecule has 1 aliphatic rings. The summed E-state index contributed by atoms with van der Waals surface area (Å²) in [4.78, 5) is 34.3. The third kappa shape index (κ3) is 4.58. The quantitative estimate of drug-likeness (QED) is 0.715. The Morgan fingerprint density at radius 3 is 2.70 bits per heavy atom. The first kappa shape index (κ1) is 14.4. The van der Waals surface area contributed by atoms with Gasteiger partial charge in [0.05, 0.1) is 11.3 Å². The Morgan fingerprint density at radius 2 is 2.05 bits per heavy atom. The molecular weight excluding hydrogens is 280 g/mol. The lowest BCUT2D eigenvalue weighted by molar-refractivity contribution is -0.117. The third-order valence-electron chi connectivity index (χ3n) is 2.62. The van der Waals surface area contributed by atoms with Crippen LogP contribution in [0.4, 0.5) is 4.79 Å². The summed E-state index contributed by atoms with van der Waals surface area (Å²) in [6.45, 7) is 0. The molecule has 2 rings (SSSR count). The number of imide groups is 1. The van der Waals surface area contributed by atoms with Crippen molar-refractivity contribution in [2.75, 3.05) is 5.75 Å². The van der Waals surface area contributed by atoms with Gasteiger partial charge in [-0.25, -0.2) is 9.59 Å². The maximum Gasteiger partial charge on any atom is 0.335 e. The molecule has 0 bridgehead atoms. The zero-order chi connectivity index (χ0) is 14.5. The van der Waals surface area contributed by atoms with Gasteiger partial charge in [0.25, 0.3) is 0 Å². The number of carboxylic acid groups (broad SMARTS) is 1. The fraction of sp³-hybridized carbons (Fsp3) is 0.308. The molecule has 0 radical (unpaired) electrons. The van der Waals surface area contributed by atoms with E-state index in [4.69, 9.17) is 5.11 Å². The van der Waals surface area contributed by atoms with E-state index in [1.54, 1.807) is 12.1 Å². The van der Waals surface area contributed by atoms with Gasteiger partial charge < -0.3 is 10.4 Å². The van der Waals surface area contributed by atoms with Gasteiger partial charge in [-0.15, -0.1) is 11.8 Å². The molecule has 0 aliphatic heterocycles. The molecule has 0 heterocycles. The third-order valence-corrected chi connectivity index (χ3v) is 3.61. The number of benzene rings is 1. The van der Waals surface area contributed by atoms with E-state index in [0.29, 0.717) is 4.90 Å². The molecule has 0 atom stereocenters. The highest BCUT2D eigenvalue weighted by Gasteiger charge is 2.23. The van der Waals surface area contributed by atoms with Crippen LogP contribution in [0.1, 0.15) is 23.2 Å². The molecule has 0 unspecified atom stereocenters. The van der Waals surface area contributed by atoms with E-state index in [1.807, 2.05) is 0 Å². The van der Waals surface area contributed by atoms with Crippen LogP contribution in [-0.2, 0) is 4.79 Å². The Morgan fingerprint density at radius 1 is 1.30 bits per heavy atom. The minimum Gasteiger partial charge on any atom is -0.478 e. The van der Waals surface area contributed by atoms with Crippen LogP contribution in [0.15, 0.2) is 29.2 Å². The Balaban J connectivity index is 1.78. The molecule has 0 spiro atoms. The number of nitrogens with one attached hydrogen (secondary N) is 2. The van der Waals surface area contributed by atoms with E-state index < -0.39 is 17.9 Å². The van der Waals surface area contributed by atoms with Gasteiger partial charge in [0.2, 0.25) is 5.91 Å². The van der Waals surface area contributed by atoms with Gasteiger partial charge in [0.1, 0.15) is 0 Å². The molecule has 0 aromatic heterocycles. The van der Waals surface area contributed by atoms with Crippen LogP contribution in [0.3, 0.4) is 0 Å². The van der Waals surface area contributed by atoms with Crippen molar-refractivity contribution in [2.45, 2.75) is 23.8 Å². The Bertz CT molecular complexity index is 543. The van der Waals surface area contributed by atoms with Gasteiger partial charge in [-0.2, -0.15) is 0 Å². The van der Waals surface area contributed by atoms with Crippen molar-refractivity contribution in [2.24, 2.45) is 0 Å². The molecule has 1 aromatic rings. The highest BCUT2D eigenvalue weighted by molar-refractivity contribution is 8.00. The standard InChI is InChI=1S/C13H14N2O4S/c16-11(15-13(19)14-9-4-5-9)7-20-10-3-1-2-8(6-10)12(17)18/h1-3,6,9H,4-5,7H2,(H,17,18)(H2,14,15,16,19). The number of carboxylic acids is 1. The monoisotopic (exact) mass is 294 g/mol. The maximum absolute atomic E-state index is 11.5. The number of hydrogen-bond acceptors (Lipinski definition) is 4. The lowest BCUT2D eigenvalue weighted by atomic mass is 10.2. The van der Waals surface area contributed by atoms with Crippen LogP contribution in [0.25, 0.3) is 0 Å². The largest absolute Gasteiger partial charge is 0.478 e. The Kier molecular flexibility index (Phi) is 4.62. The first-order chi connectivity index (χ1) is 9.54. The number of hydrogen-bond donors (Lipinski definition) is 3. The Hall–Kier alpha value is -2.02.